The van der Waals surface area contributed by atoms with Gasteiger partial charge in [0.15, 0.2) is 0 Å². The first kappa shape index (κ1) is 13.1. The lowest BCUT2D eigenvalue weighted by molar-refractivity contribution is 0.415. The lowest BCUT2D eigenvalue weighted by atomic mass is 9.86. The summed E-state index contributed by atoms with van der Waals surface area (Å²) in [6.45, 7) is 6.13. The molecule has 0 aliphatic carbocycles. The molecule has 86 valence electrons. The van der Waals surface area contributed by atoms with Gasteiger partial charge in [-0.2, -0.15) is 5.26 Å². The van der Waals surface area contributed by atoms with E-state index in [9.17, 15) is 5.26 Å². The zero-order valence-electron chi connectivity index (χ0n) is 9.92. The minimum Gasteiger partial charge on any atom is -0.366 e. The normalized spacial score (nSPS) is 15.9. The number of hydrogen-bond acceptors (Lipinski definition) is 2. The van der Waals surface area contributed by atoms with Crippen molar-refractivity contribution in [1.82, 2.24) is 0 Å². The van der Waals surface area contributed by atoms with Gasteiger partial charge in [-0.25, -0.2) is 0 Å². The molecule has 1 aromatic rings. The molecule has 3 heteroatoms. The maximum Gasteiger partial charge on any atom is 0.125 e. The first-order valence-electron chi connectivity index (χ1n) is 5.47. The summed E-state index contributed by atoms with van der Waals surface area (Å²) in [6.07, 6.45) is 0.974. The highest BCUT2D eigenvalue weighted by atomic mass is 79.9. The Kier molecular flexibility index (Phi) is 4.37. The Morgan fingerprint density at radius 3 is 2.62 bits per heavy atom. The molecule has 0 saturated carbocycles. The van der Waals surface area contributed by atoms with Crippen molar-refractivity contribution in [2.45, 2.75) is 32.7 Å². The molecule has 2 nitrogen and oxygen atoms in total. The Morgan fingerprint density at radius 2 is 2.12 bits per heavy atom. The minimum absolute atomic E-state index is 0.296. The van der Waals surface area contributed by atoms with Crippen LogP contribution < -0.4 is 5.32 Å². The number of nitriles is 1. The zero-order valence-corrected chi connectivity index (χ0v) is 11.5. The van der Waals surface area contributed by atoms with Crippen LogP contribution in [0.4, 0.5) is 5.69 Å². The molecule has 0 bridgehead atoms. The van der Waals surface area contributed by atoms with Crippen LogP contribution in [0.1, 0.15) is 27.2 Å². The number of nitrogens with zero attached hydrogens (tertiary/aromatic N) is 1. The third kappa shape index (κ3) is 2.76. The number of hydrogen-bond donors (Lipinski definition) is 1. The van der Waals surface area contributed by atoms with E-state index >= 15 is 0 Å². The summed E-state index contributed by atoms with van der Waals surface area (Å²) < 4.78 is 0.986. The zero-order chi connectivity index (χ0) is 12.2. The highest BCUT2D eigenvalue weighted by Gasteiger charge is 2.30. The standard InChI is InChI=1S/C13H17BrN2/c1-4-10(2)13(3,9-15)16-12-8-6-5-7-11(12)14/h5-8,10,16H,4H2,1-3H3. The van der Waals surface area contributed by atoms with E-state index in [1.807, 2.05) is 31.2 Å². The van der Waals surface area contributed by atoms with Crippen LogP contribution in [0, 0.1) is 17.2 Å². The molecule has 1 N–H and O–H groups in total. The molecule has 0 saturated heterocycles. The van der Waals surface area contributed by atoms with E-state index < -0.39 is 5.54 Å². The number of anilines is 1. The van der Waals surface area contributed by atoms with Crippen LogP contribution in [0.3, 0.4) is 0 Å². The molecule has 2 unspecified atom stereocenters. The van der Waals surface area contributed by atoms with Crippen LogP contribution in [-0.4, -0.2) is 5.54 Å². The van der Waals surface area contributed by atoms with Crippen molar-refractivity contribution in [3.8, 4) is 6.07 Å². The van der Waals surface area contributed by atoms with Crippen molar-refractivity contribution in [1.29, 1.82) is 5.26 Å². The van der Waals surface area contributed by atoms with Crippen molar-refractivity contribution in [2.24, 2.45) is 5.92 Å². The van der Waals surface area contributed by atoms with Crippen molar-refractivity contribution in [3.05, 3.63) is 28.7 Å². The summed E-state index contributed by atoms with van der Waals surface area (Å²) in [4.78, 5) is 0. The van der Waals surface area contributed by atoms with Crippen LogP contribution in [0.25, 0.3) is 0 Å². The smallest absolute Gasteiger partial charge is 0.125 e. The molecule has 1 rings (SSSR count). The monoisotopic (exact) mass is 280 g/mol. The van der Waals surface area contributed by atoms with Gasteiger partial charge in [-0.05, 0) is 40.9 Å². The lowest BCUT2D eigenvalue weighted by Gasteiger charge is -2.30. The highest BCUT2D eigenvalue weighted by molar-refractivity contribution is 9.10. The molecule has 0 amide bonds. The van der Waals surface area contributed by atoms with E-state index in [2.05, 4.69) is 41.2 Å². The third-order valence-corrected chi connectivity index (χ3v) is 3.79. The van der Waals surface area contributed by atoms with Gasteiger partial charge < -0.3 is 5.32 Å². The predicted octanol–water partition coefficient (Wildman–Crippen LogP) is 4.19. The molecule has 16 heavy (non-hydrogen) atoms. The molecule has 0 heterocycles. The molecule has 0 radical (unpaired) electrons. The molecule has 0 fully saturated rings. The highest BCUT2D eigenvalue weighted by Crippen LogP contribution is 2.29. The van der Waals surface area contributed by atoms with E-state index in [1.54, 1.807) is 0 Å². The summed E-state index contributed by atoms with van der Waals surface area (Å²) in [6, 6.07) is 10.2. The third-order valence-electron chi connectivity index (χ3n) is 3.10. The maximum atomic E-state index is 9.31. The average Bonchev–Trinajstić information content (AvgIpc) is 2.31. The number of rotatable bonds is 4. The Bertz CT molecular complexity index is 397. The summed E-state index contributed by atoms with van der Waals surface area (Å²) in [5.41, 5.74) is 0.436. The Hall–Kier alpha value is -1.01. The van der Waals surface area contributed by atoms with E-state index in [0.717, 1.165) is 16.6 Å². The maximum absolute atomic E-state index is 9.31. The van der Waals surface area contributed by atoms with Gasteiger partial charge in [0.25, 0.3) is 0 Å². The number of benzene rings is 1. The summed E-state index contributed by atoms with van der Waals surface area (Å²) in [5.74, 6) is 0.296. The fourth-order valence-electron chi connectivity index (χ4n) is 1.51. The van der Waals surface area contributed by atoms with E-state index in [4.69, 9.17) is 0 Å². The molecular weight excluding hydrogens is 264 g/mol. The SMILES string of the molecule is CCC(C)C(C)(C#N)Nc1ccccc1Br. The molecule has 0 spiro atoms. The van der Waals surface area contributed by atoms with Crippen LogP contribution in [0.5, 0.6) is 0 Å². The Morgan fingerprint density at radius 1 is 1.50 bits per heavy atom. The Balaban J connectivity index is 2.95. The number of halogens is 1. The second kappa shape index (κ2) is 5.36. The van der Waals surface area contributed by atoms with Crippen LogP contribution in [0.15, 0.2) is 28.7 Å². The van der Waals surface area contributed by atoms with Crippen LogP contribution >= 0.6 is 15.9 Å². The van der Waals surface area contributed by atoms with Crippen molar-refractivity contribution >= 4 is 21.6 Å². The fourth-order valence-corrected chi connectivity index (χ4v) is 1.90. The Labute approximate surface area is 106 Å². The van der Waals surface area contributed by atoms with Gasteiger partial charge in [0.1, 0.15) is 5.54 Å². The molecule has 1 aromatic carbocycles. The molecule has 0 aromatic heterocycles. The van der Waals surface area contributed by atoms with Gasteiger partial charge in [0, 0.05) is 10.2 Å². The first-order valence-corrected chi connectivity index (χ1v) is 6.26. The second-order valence-electron chi connectivity index (χ2n) is 4.23. The van der Waals surface area contributed by atoms with Crippen LogP contribution in [0.2, 0.25) is 0 Å². The number of nitrogens with one attached hydrogen (secondary N) is 1. The van der Waals surface area contributed by atoms with Gasteiger partial charge in [0.2, 0.25) is 0 Å². The van der Waals surface area contributed by atoms with Crippen molar-refractivity contribution in [2.75, 3.05) is 5.32 Å². The minimum atomic E-state index is -0.529. The quantitative estimate of drug-likeness (QED) is 0.898. The lowest BCUT2D eigenvalue weighted by Crippen LogP contribution is -2.39. The van der Waals surface area contributed by atoms with E-state index in [-0.39, 0.29) is 0 Å². The molecule has 0 aliphatic heterocycles. The average molecular weight is 281 g/mol. The molecular formula is C13H17BrN2. The van der Waals surface area contributed by atoms with Gasteiger partial charge in [0.05, 0.1) is 6.07 Å². The van der Waals surface area contributed by atoms with Gasteiger partial charge in [-0.1, -0.05) is 32.4 Å². The van der Waals surface area contributed by atoms with Crippen molar-refractivity contribution in [3.63, 3.8) is 0 Å². The van der Waals surface area contributed by atoms with Gasteiger partial charge in [-0.15, -0.1) is 0 Å². The largest absolute Gasteiger partial charge is 0.366 e. The summed E-state index contributed by atoms with van der Waals surface area (Å²) in [5, 5.41) is 12.6. The summed E-state index contributed by atoms with van der Waals surface area (Å²) in [7, 11) is 0. The molecule has 2 atom stereocenters. The van der Waals surface area contributed by atoms with Gasteiger partial charge >= 0.3 is 0 Å². The van der Waals surface area contributed by atoms with E-state index in [0.29, 0.717) is 5.92 Å². The molecule has 0 aliphatic rings. The van der Waals surface area contributed by atoms with Crippen LogP contribution in [-0.2, 0) is 0 Å². The van der Waals surface area contributed by atoms with Gasteiger partial charge in [-0.3, -0.25) is 0 Å². The predicted molar refractivity (Wildman–Crippen MR) is 71.2 cm³/mol. The summed E-state index contributed by atoms with van der Waals surface area (Å²) >= 11 is 3.48. The van der Waals surface area contributed by atoms with Crippen molar-refractivity contribution < 1.29 is 0 Å². The second-order valence-corrected chi connectivity index (χ2v) is 5.08. The van der Waals surface area contributed by atoms with E-state index in [1.165, 1.54) is 0 Å². The first-order chi connectivity index (χ1) is 7.53. The fraction of sp³-hybridized carbons (Fsp3) is 0.462. The topological polar surface area (TPSA) is 35.8 Å². The number of para-hydroxylation sites is 1.